The number of carboxylic acid groups (broad SMARTS) is 2. The van der Waals surface area contributed by atoms with Gasteiger partial charge in [-0.25, -0.2) is 9.18 Å². The fourth-order valence-corrected chi connectivity index (χ4v) is 2.89. The fourth-order valence-electron chi connectivity index (χ4n) is 2.89. The number of carbonyl (C=O) groups excluding carboxylic acids is 1. The number of rotatable bonds is 8. The van der Waals surface area contributed by atoms with Gasteiger partial charge in [0.05, 0.1) is 19.4 Å². The van der Waals surface area contributed by atoms with Gasteiger partial charge in [0.2, 0.25) is 0 Å². The monoisotopic (exact) mass is 385 g/mol. The zero-order valence-corrected chi connectivity index (χ0v) is 14.5. The Labute approximate surface area is 153 Å². The average Bonchev–Trinajstić information content (AvgIpc) is 2.58. The molecule has 4 N–H and O–H groups in total. The molecule has 1 aliphatic heterocycles. The van der Waals surface area contributed by atoms with E-state index in [1.54, 1.807) is 12.1 Å². The minimum Gasteiger partial charge on any atom is -0.481 e. The number of fused-ring (bicyclic) bond motifs is 1. The number of nitrogens with one attached hydrogen (secondary N) is 1. The molecule has 0 aliphatic carbocycles. The topological polar surface area (TPSA) is 142 Å². The van der Waals surface area contributed by atoms with Crippen LogP contribution in [0.3, 0.4) is 0 Å². The van der Waals surface area contributed by atoms with Gasteiger partial charge in [-0.15, -0.1) is 0 Å². The van der Waals surface area contributed by atoms with Crippen molar-refractivity contribution >= 4 is 17.9 Å². The van der Waals surface area contributed by atoms with Crippen LogP contribution in [0.5, 0.6) is 0 Å². The molecule has 0 fully saturated rings. The lowest BCUT2D eigenvalue weighted by Crippen LogP contribution is -2.45. The Morgan fingerprint density at radius 2 is 2.07 bits per heavy atom. The Morgan fingerprint density at radius 3 is 2.67 bits per heavy atom. The summed E-state index contributed by atoms with van der Waals surface area (Å²) in [7, 11) is 1.43. The van der Waals surface area contributed by atoms with E-state index in [2.05, 4.69) is 5.32 Å². The zero-order chi connectivity index (χ0) is 20.2. The van der Waals surface area contributed by atoms with E-state index < -0.39 is 54.5 Å². The molecule has 0 bridgehead atoms. The molecule has 0 spiro atoms. The summed E-state index contributed by atoms with van der Waals surface area (Å²) in [6.45, 7) is 0.259. The summed E-state index contributed by atoms with van der Waals surface area (Å²) >= 11 is 0. The summed E-state index contributed by atoms with van der Waals surface area (Å²) < 4.78 is 24.9. The Balaban J connectivity index is 2.17. The number of halogens is 1. The van der Waals surface area contributed by atoms with E-state index in [4.69, 9.17) is 19.7 Å². The molecule has 0 aromatic heterocycles. The minimum atomic E-state index is -2.82. The highest BCUT2D eigenvalue weighted by Gasteiger charge is 2.42. The number of likely N-dealkylation sites (N-methyl/N-ethyl adjacent to an activating group) is 1. The molecule has 9 nitrogen and oxygen atoms in total. The normalized spacial score (nSPS) is 19.4. The van der Waals surface area contributed by atoms with Crippen LogP contribution in [0.25, 0.3) is 0 Å². The molecule has 10 heteroatoms. The number of hydrogen-bond acceptors (Lipinski definition) is 7. The first-order valence-electron chi connectivity index (χ1n) is 8.11. The van der Waals surface area contributed by atoms with E-state index in [-0.39, 0.29) is 12.2 Å². The lowest BCUT2D eigenvalue weighted by atomic mass is 9.95. The maximum atomic E-state index is 14.2. The standard InChI is InChI=1S/C17H20FNO8/c1-19-15(14-13-9(5-6-26-14)3-2-4-10(13)18)27-12(22)8-17(25,16(23)24)7-11(20)21/h2-4,14-15,19,25H,5-8H2,1H3,(H,20,21)(H,23,24)/t14-,15?,17?/m0/s1. The van der Waals surface area contributed by atoms with E-state index in [0.717, 1.165) is 0 Å². The van der Waals surface area contributed by atoms with Gasteiger partial charge in [-0.05, 0) is 25.1 Å². The van der Waals surface area contributed by atoms with Gasteiger partial charge in [0, 0.05) is 5.56 Å². The van der Waals surface area contributed by atoms with E-state index in [0.29, 0.717) is 12.0 Å². The Morgan fingerprint density at radius 1 is 1.37 bits per heavy atom. The van der Waals surface area contributed by atoms with E-state index in [9.17, 15) is 23.9 Å². The Hall–Kier alpha value is -2.56. The average molecular weight is 385 g/mol. The van der Waals surface area contributed by atoms with Gasteiger partial charge >= 0.3 is 17.9 Å². The smallest absolute Gasteiger partial charge is 0.336 e. The molecule has 2 unspecified atom stereocenters. The predicted molar refractivity (Wildman–Crippen MR) is 87.2 cm³/mol. The third-order valence-corrected chi connectivity index (χ3v) is 4.19. The van der Waals surface area contributed by atoms with E-state index in [1.807, 2.05) is 0 Å². The van der Waals surface area contributed by atoms with Crippen LogP contribution in [0.4, 0.5) is 4.39 Å². The molecule has 2 rings (SSSR count). The van der Waals surface area contributed by atoms with Crippen LogP contribution in [0.1, 0.15) is 30.1 Å². The van der Waals surface area contributed by atoms with E-state index in [1.165, 1.54) is 13.1 Å². The van der Waals surface area contributed by atoms with Crippen LogP contribution in [0.2, 0.25) is 0 Å². The van der Waals surface area contributed by atoms with Gasteiger partial charge in [-0.2, -0.15) is 0 Å². The van der Waals surface area contributed by atoms with E-state index >= 15 is 0 Å². The molecule has 0 saturated carbocycles. The highest BCUT2D eigenvalue weighted by Crippen LogP contribution is 2.32. The first kappa shape index (κ1) is 20.7. The van der Waals surface area contributed by atoms with Crippen LogP contribution in [-0.2, 0) is 30.3 Å². The van der Waals surface area contributed by atoms with Crippen molar-refractivity contribution in [2.75, 3.05) is 13.7 Å². The molecule has 0 saturated heterocycles. The summed E-state index contributed by atoms with van der Waals surface area (Å²) in [6.07, 6.45) is -3.95. The molecular formula is C17H20FNO8. The van der Waals surface area contributed by atoms with Crippen molar-refractivity contribution in [3.05, 3.63) is 35.1 Å². The summed E-state index contributed by atoms with van der Waals surface area (Å²) in [5.41, 5.74) is -1.91. The number of carbonyl (C=O) groups is 3. The third kappa shape index (κ3) is 4.79. The summed E-state index contributed by atoms with van der Waals surface area (Å²) in [5, 5.41) is 30.3. The maximum Gasteiger partial charge on any atom is 0.336 e. The molecule has 1 heterocycles. The van der Waals surface area contributed by atoms with Crippen molar-refractivity contribution in [2.45, 2.75) is 37.2 Å². The Bertz CT molecular complexity index is 740. The van der Waals surface area contributed by atoms with Crippen LogP contribution in [0.15, 0.2) is 18.2 Å². The number of benzene rings is 1. The summed E-state index contributed by atoms with van der Waals surface area (Å²) in [6, 6.07) is 4.51. The van der Waals surface area contributed by atoms with Gasteiger partial charge in [-0.3, -0.25) is 14.9 Å². The lowest BCUT2D eigenvalue weighted by molar-refractivity contribution is -0.178. The van der Waals surface area contributed by atoms with Crippen LogP contribution < -0.4 is 5.32 Å². The van der Waals surface area contributed by atoms with Crippen molar-refractivity contribution in [1.29, 1.82) is 0 Å². The second-order valence-corrected chi connectivity index (χ2v) is 6.14. The van der Waals surface area contributed by atoms with Crippen LogP contribution >= 0.6 is 0 Å². The molecular weight excluding hydrogens is 365 g/mol. The van der Waals surface area contributed by atoms with Crippen molar-refractivity contribution in [3.8, 4) is 0 Å². The SMILES string of the molecule is CNC(OC(=O)CC(O)(CC(=O)O)C(=O)O)[C@H]1OCCc2cccc(F)c21. The van der Waals surface area contributed by atoms with Gasteiger partial charge in [0.1, 0.15) is 11.9 Å². The van der Waals surface area contributed by atoms with Crippen molar-refractivity contribution in [2.24, 2.45) is 0 Å². The summed E-state index contributed by atoms with van der Waals surface area (Å²) in [4.78, 5) is 34.0. The zero-order valence-electron chi connectivity index (χ0n) is 14.5. The quantitative estimate of drug-likeness (QED) is 0.365. The van der Waals surface area contributed by atoms with Crippen molar-refractivity contribution in [1.82, 2.24) is 5.32 Å². The minimum absolute atomic E-state index is 0.218. The molecule has 1 aromatic rings. The highest BCUT2D eigenvalue weighted by molar-refractivity contribution is 5.88. The number of carboxylic acids is 2. The largest absolute Gasteiger partial charge is 0.481 e. The number of aliphatic carboxylic acids is 2. The lowest BCUT2D eigenvalue weighted by Gasteiger charge is -2.32. The van der Waals surface area contributed by atoms with Crippen LogP contribution in [0, 0.1) is 5.82 Å². The Kier molecular flexibility index (Phi) is 6.47. The first-order valence-corrected chi connectivity index (χ1v) is 8.11. The van der Waals surface area contributed by atoms with Gasteiger partial charge < -0.3 is 24.8 Å². The molecule has 1 aromatic carbocycles. The van der Waals surface area contributed by atoms with Crippen molar-refractivity contribution < 1.29 is 43.6 Å². The van der Waals surface area contributed by atoms with Crippen LogP contribution in [-0.4, -0.2) is 58.7 Å². The predicted octanol–water partition coefficient (Wildman–Crippen LogP) is 0.209. The fraction of sp³-hybridized carbons (Fsp3) is 0.471. The highest BCUT2D eigenvalue weighted by atomic mass is 19.1. The van der Waals surface area contributed by atoms with Crippen molar-refractivity contribution in [3.63, 3.8) is 0 Å². The molecule has 27 heavy (non-hydrogen) atoms. The second kappa shape index (κ2) is 8.42. The molecule has 1 aliphatic rings. The number of esters is 1. The molecule has 0 radical (unpaired) electrons. The first-order chi connectivity index (χ1) is 12.7. The third-order valence-electron chi connectivity index (χ3n) is 4.19. The van der Waals surface area contributed by atoms with Gasteiger partial charge in [-0.1, -0.05) is 12.1 Å². The summed E-state index contributed by atoms with van der Waals surface area (Å²) in [5.74, 6) is -5.17. The molecule has 0 amide bonds. The van der Waals surface area contributed by atoms with Gasteiger partial charge in [0.15, 0.2) is 11.8 Å². The number of hydrogen-bond donors (Lipinski definition) is 4. The second-order valence-electron chi connectivity index (χ2n) is 6.14. The number of ether oxygens (including phenoxy) is 2. The maximum absolute atomic E-state index is 14.2. The van der Waals surface area contributed by atoms with Gasteiger partial charge in [0.25, 0.3) is 0 Å². The molecule has 3 atom stereocenters. The molecule has 148 valence electrons. The number of aliphatic hydroxyl groups is 1.